The summed E-state index contributed by atoms with van der Waals surface area (Å²) in [5, 5.41) is 0.427. The van der Waals surface area contributed by atoms with E-state index in [0.29, 0.717) is 16.7 Å². The third kappa shape index (κ3) is 3.02. The normalized spacial score (nSPS) is 10.7. The number of hydrogen-bond donors (Lipinski definition) is 0. The molecule has 0 aliphatic carbocycles. The standard InChI is InChI=1S/C15H17ClN2O2/c1-9(2)15-17-12(8-14(16)18-15)11-6-5-10(19-3)7-13(11)20-4/h5-9H,1-4H3. The molecule has 0 bridgehead atoms. The van der Waals surface area contributed by atoms with E-state index in [1.54, 1.807) is 20.3 Å². The summed E-state index contributed by atoms with van der Waals surface area (Å²) in [6.45, 7) is 4.06. The van der Waals surface area contributed by atoms with E-state index in [9.17, 15) is 0 Å². The Labute approximate surface area is 123 Å². The van der Waals surface area contributed by atoms with Crippen molar-refractivity contribution in [3.8, 4) is 22.8 Å². The molecule has 0 aliphatic heterocycles. The van der Waals surface area contributed by atoms with Gasteiger partial charge in [-0.25, -0.2) is 9.97 Å². The number of aromatic nitrogens is 2. The van der Waals surface area contributed by atoms with Crippen LogP contribution in [0.4, 0.5) is 0 Å². The molecule has 0 radical (unpaired) electrons. The lowest BCUT2D eigenvalue weighted by atomic mass is 10.1. The number of ether oxygens (including phenoxy) is 2. The Hall–Kier alpha value is -1.81. The Kier molecular flexibility index (Phi) is 4.45. The second-order valence-corrected chi connectivity index (χ2v) is 5.04. The molecule has 1 heterocycles. The highest BCUT2D eigenvalue weighted by Gasteiger charge is 2.13. The summed E-state index contributed by atoms with van der Waals surface area (Å²) in [7, 11) is 3.23. The Balaban J connectivity index is 2.56. The fourth-order valence-electron chi connectivity index (χ4n) is 1.84. The van der Waals surface area contributed by atoms with Crippen LogP contribution in [0.3, 0.4) is 0 Å². The summed E-state index contributed by atoms with van der Waals surface area (Å²) >= 11 is 6.08. The number of methoxy groups -OCH3 is 2. The van der Waals surface area contributed by atoms with Crippen molar-refractivity contribution in [2.24, 2.45) is 0 Å². The van der Waals surface area contributed by atoms with Crippen molar-refractivity contribution < 1.29 is 9.47 Å². The molecule has 0 spiro atoms. The van der Waals surface area contributed by atoms with Crippen molar-refractivity contribution in [2.45, 2.75) is 19.8 Å². The van der Waals surface area contributed by atoms with Gasteiger partial charge in [-0.05, 0) is 12.1 Å². The summed E-state index contributed by atoms with van der Waals surface area (Å²) in [6.07, 6.45) is 0. The number of halogens is 1. The second-order valence-electron chi connectivity index (χ2n) is 4.66. The zero-order chi connectivity index (χ0) is 14.7. The van der Waals surface area contributed by atoms with Crippen LogP contribution in [0.25, 0.3) is 11.3 Å². The van der Waals surface area contributed by atoms with Gasteiger partial charge in [0.05, 0.1) is 19.9 Å². The molecule has 1 aromatic carbocycles. The molecule has 0 amide bonds. The first kappa shape index (κ1) is 14.6. The molecule has 0 atom stereocenters. The number of hydrogen-bond acceptors (Lipinski definition) is 4. The van der Waals surface area contributed by atoms with Crippen LogP contribution in [0, 0.1) is 0 Å². The molecule has 106 valence electrons. The van der Waals surface area contributed by atoms with Crippen molar-refractivity contribution in [3.63, 3.8) is 0 Å². The van der Waals surface area contributed by atoms with Crippen LogP contribution in [0.15, 0.2) is 24.3 Å². The van der Waals surface area contributed by atoms with E-state index in [4.69, 9.17) is 21.1 Å². The van der Waals surface area contributed by atoms with Crippen LogP contribution >= 0.6 is 11.6 Å². The van der Waals surface area contributed by atoms with E-state index >= 15 is 0 Å². The average molecular weight is 293 g/mol. The molecule has 0 aliphatic rings. The van der Waals surface area contributed by atoms with Gasteiger partial charge in [0.15, 0.2) is 0 Å². The summed E-state index contributed by atoms with van der Waals surface area (Å²) < 4.78 is 10.6. The molecule has 0 N–H and O–H groups in total. The van der Waals surface area contributed by atoms with E-state index in [1.807, 2.05) is 32.0 Å². The second kappa shape index (κ2) is 6.09. The zero-order valence-electron chi connectivity index (χ0n) is 12.0. The lowest BCUT2D eigenvalue weighted by Crippen LogP contribution is -2.00. The van der Waals surface area contributed by atoms with E-state index in [1.165, 1.54) is 0 Å². The monoisotopic (exact) mass is 292 g/mol. The van der Waals surface area contributed by atoms with Gasteiger partial charge in [0.2, 0.25) is 0 Å². The van der Waals surface area contributed by atoms with E-state index < -0.39 is 0 Å². The summed E-state index contributed by atoms with van der Waals surface area (Å²) in [4.78, 5) is 8.79. The van der Waals surface area contributed by atoms with Crippen LogP contribution in [0.2, 0.25) is 5.15 Å². The van der Waals surface area contributed by atoms with Crippen molar-refractivity contribution in [1.82, 2.24) is 9.97 Å². The highest BCUT2D eigenvalue weighted by atomic mass is 35.5. The molecule has 2 rings (SSSR count). The van der Waals surface area contributed by atoms with Crippen LogP contribution in [0.1, 0.15) is 25.6 Å². The molecule has 20 heavy (non-hydrogen) atoms. The fourth-order valence-corrected chi connectivity index (χ4v) is 2.03. The molecule has 4 nitrogen and oxygen atoms in total. The zero-order valence-corrected chi connectivity index (χ0v) is 12.7. The molecule has 0 unspecified atom stereocenters. The van der Waals surface area contributed by atoms with Crippen LogP contribution in [-0.2, 0) is 0 Å². The predicted molar refractivity (Wildman–Crippen MR) is 79.7 cm³/mol. The molecule has 1 aromatic heterocycles. The third-order valence-corrected chi connectivity index (χ3v) is 3.11. The summed E-state index contributed by atoms with van der Waals surface area (Å²) in [6, 6.07) is 7.32. The van der Waals surface area contributed by atoms with Crippen molar-refractivity contribution in [1.29, 1.82) is 0 Å². The Morgan fingerprint density at radius 1 is 1.05 bits per heavy atom. The molecular weight excluding hydrogens is 276 g/mol. The maximum absolute atomic E-state index is 6.08. The van der Waals surface area contributed by atoms with Gasteiger partial charge in [-0.3, -0.25) is 0 Å². The molecule has 0 saturated heterocycles. The van der Waals surface area contributed by atoms with Crippen LogP contribution < -0.4 is 9.47 Å². The minimum atomic E-state index is 0.205. The van der Waals surface area contributed by atoms with E-state index in [2.05, 4.69) is 9.97 Å². The van der Waals surface area contributed by atoms with E-state index in [-0.39, 0.29) is 5.92 Å². The van der Waals surface area contributed by atoms with E-state index in [0.717, 1.165) is 17.0 Å². The topological polar surface area (TPSA) is 44.2 Å². The van der Waals surface area contributed by atoms with Crippen molar-refractivity contribution in [2.75, 3.05) is 14.2 Å². The Bertz CT molecular complexity index is 615. The van der Waals surface area contributed by atoms with Gasteiger partial charge in [-0.15, -0.1) is 0 Å². The number of rotatable bonds is 4. The summed E-state index contributed by atoms with van der Waals surface area (Å²) in [5.74, 6) is 2.34. The molecule has 0 saturated carbocycles. The first-order valence-corrected chi connectivity index (χ1v) is 6.69. The first-order valence-electron chi connectivity index (χ1n) is 6.32. The third-order valence-electron chi connectivity index (χ3n) is 2.91. The maximum atomic E-state index is 6.08. The molecular formula is C15H17ClN2O2. The minimum Gasteiger partial charge on any atom is -0.497 e. The molecule has 2 aromatic rings. The fraction of sp³-hybridized carbons (Fsp3) is 0.333. The number of benzene rings is 1. The lowest BCUT2D eigenvalue weighted by Gasteiger charge is -2.12. The molecule has 5 heteroatoms. The van der Waals surface area contributed by atoms with Gasteiger partial charge in [0.25, 0.3) is 0 Å². The summed E-state index contributed by atoms with van der Waals surface area (Å²) in [5.41, 5.74) is 1.60. The smallest absolute Gasteiger partial charge is 0.133 e. The van der Waals surface area contributed by atoms with Gasteiger partial charge >= 0.3 is 0 Å². The van der Waals surface area contributed by atoms with Crippen LogP contribution in [0.5, 0.6) is 11.5 Å². The van der Waals surface area contributed by atoms with Crippen LogP contribution in [-0.4, -0.2) is 24.2 Å². The molecule has 0 fully saturated rings. The SMILES string of the molecule is COc1ccc(-c2cc(Cl)nc(C(C)C)n2)c(OC)c1. The highest BCUT2D eigenvalue weighted by Crippen LogP contribution is 2.33. The van der Waals surface area contributed by atoms with Gasteiger partial charge in [-0.1, -0.05) is 25.4 Å². The Morgan fingerprint density at radius 3 is 2.40 bits per heavy atom. The van der Waals surface area contributed by atoms with Crippen molar-refractivity contribution in [3.05, 3.63) is 35.2 Å². The van der Waals surface area contributed by atoms with Gasteiger partial charge in [0.1, 0.15) is 22.5 Å². The first-order chi connectivity index (χ1) is 9.55. The largest absolute Gasteiger partial charge is 0.497 e. The quantitative estimate of drug-likeness (QED) is 0.801. The van der Waals surface area contributed by atoms with Gasteiger partial charge in [-0.2, -0.15) is 0 Å². The average Bonchev–Trinajstić information content (AvgIpc) is 2.45. The lowest BCUT2D eigenvalue weighted by molar-refractivity contribution is 0.395. The minimum absolute atomic E-state index is 0.205. The maximum Gasteiger partial charge on any atom is 0.133 e. The van der Waals surface area contributed by atoms with Crippen molar-refractivity contribution >= 4 is 11.6 Å². The Morgan fingerprint density at radius 2 is 1.80 bits per heavy atom. The van der Waals surface area contributed by atoms with Gasteiger partial charge < -0.3 is 9.47 Å². The van der Waals surface area contributed by atoms with Gasteiger partial charge in [0, 0.05) is 23.6 Å². The number of nitrogens with zero attached hydrogens (tertiary/aromatic N) is 2. The highest BCUT2D eigenvalue weighted by molar-refractivity contribution is 6.29. The predicted octanol–water partition coefficient (Wildman–Crippen LogP) is 3.94.